The van der Waals surface area contributed by atoms with Crippen LogP contribution in [-0.2, 0) is 6.54 Å². The van der Waals surface area contributed by atoms with Gasteiger partial charge >= 0.3 is 0 Å². The van der Waals surface area contributed by atoms with Crippen LogP contribution in [-0.4, -0.2) is 55.6 Å². The minimum Gasteiger partial charge on any atom is -0.357 e. The predicted molar refractivity (Wildman–Crippen MR) is 129 cm³/mol. The number of nitrogens with one attached hydrogen (secondary N) is 2. The highest BCUT2D eigenvalue weighted by molar-refractivity contribution is 14.0. The van der Waals surface area contributed by atoms with E-state index in [0.29, 0.717) is 5.92 Å². The van der Waals surface area contributed by atoms with Crippen LogP contribution in [0.4, 0.5) is 0 Å². The van der Waals surface area contributed by atoms with E-state index >= 15 is 0 Å². The third kappa shape index (κ3) is 9.80. The van der Waals surface area contributed by atoms with Gasteiger partial charge in [0, 0.05) is 37.6 Å². The summed E-state index contributed by atoms with van der Waals surface area (Å²) in [6.07, 6.45) is 7.25. The van der Waals surface area contributed by atoms with Crippen LogP contribution in [0.15, 0.2) is 22.5 Å². The number of guanidine groups is 1. The van der Waals surface area contributed by atoms with Gasteiger partial charge in [-0.25, -0.2) is 0 Å². The monoisotopic (exact) mass is 510 g/mol. The molecule has 7 heteroatoms. The van der Waals surface area contributed by atoms with Crippen molar-refractivity contribution >= 4 is 53.0 Å². The van der Waals surface area contributed by atoms with Gasteiger partial charge in [-0.1, -0.05) is 6.07 Å². The summed E-state index contributed by atoms with van der Waals surface area (Å²) in [5.41, 5.74) is 0. The number of unbranched alkanes of at least 4 members (excludes halogenated alkanes) is 1. The van der Waals surface area contributed by atoms with E-state index in [1.54, 1.807) is 0 Å². The van der Waals surface area contributed by atoms with Gasteiger partial charge in [-0.2, -0.15) is 11.8 Å². The Kier molecular flexibility index (Phi) is 13.9. The molecule has 1 aliphatic rings. The molecule has 1 unspecified atom stereocenters. The number of piperidine rings is 1. The van der Waals surface area contributed by atoms with E-state index in [2.05, 4.69) is 46.2 Å². The van der Waals surface area contributed by atoms with E-state index in [9.17, 15) is 0 Å². The third-order valence-electron chi connectivity index (χ3n) is 4.48. The zero-order valence-corrected chi connectivity index (χ0v) is 20.2. The Morgan fingerprint density at radius 3 is 3.00 bits per heavy atom. The molecule has 0 radical (unpaired) electrons. The number of thioether (sulfide) groups is 1. The Hall–Kier alpha value is 0.01000. The molecule has 150 valence electrons. The van der Waals surface area contributed by atoms with Crippen molar-refractivity contribution in [2.24, 2.45) is 10.9 Å². The minimum absolute atomic E-state index is 0. The first-order valence-corrected chi connectivity index (χ1v) is 11.8. The first kappa shape index (κ1) is 24.0. The number of rotatable bonds is 10. The highest BCUT2D eigenvalue weighted by Gasteiger charge is 2.20. The lowest BCUT2D eigenvalue weighted by Crippen LogP contribution is -2.39. The molecule has 0 spiro atoms. The lowest BCUT2D eigenvalue weighted by Gasteiger charge is -2.31. The highest BCUT2D eigenvalue weighted by Crippen LogP contribution is 2.20. The summed E-state index contributed by atoms with van der Waals surface area (Å²) in [7, 11) is 0. The van der Waals surface area contributed by atoms with Crippen LogP contribution in [0.25, 0.3) is 0 Å². The van der Waals surface area contributed by atoms with Crippen LogP contribution in [0.5, 0.6) is 0 Å². The molecule has 1 aromatic rings. The number of likely N-dealkylation sites (tertiary alicyclic amines) is 1. The van der Waals surface area contributed by atoms with Crippen molar-refractivity contribution < 1.29 is 0 Å². The average Bonchev–Trinajstić information content (AvgIpc) is 3.13. The van der Waals surface area contributed by atoms with Gasteiger partial charge in [-0.05, 0) is 68.5 Å². The fourth-order valence-electron chi connectivity index (χ4n) is 3.21. The molecule has 1 fully saturated rings. The Bertz CT molecular complexity index is 482. The SMILES string of the molecule is CCNC(=NCC1CCCN(Cc2cccs2)C1)NCCCCSC.I. The van der Waals surface area contributed by atoms with Crippen molar-refractivity contribution in [2.75, 3.05) is 44.7 Å². The number of nitrogens with zero attached hydrogens (tertiary/aromatic N) is 2. The maximum atomic E-state index is 4.85. The summed E-state index contributed by atoms with van der Waals surface area (Å²) in [6, 6.07) is 4.40. The molecule has 4 nitrogen and oxygen atoms in total. The van der Waals surface area contributed by atoms with Crippen LogP contribution in [0.2, 0.25) is 0 Å². The number of hydrogen-bond acceptors (Lipinski definition) is 4. The number of thiophene rings is 1. The molecule has 2 N–H and O–H groups in total. The molecule has 0 saturated carbocycles. The van der Waals surface area contributed by atoms with Gasteiger partial charge in [0.1, 0.15) is 0 Å². The van der Waals surface area contributed by atoms with E-state index in [1.807, 2.05) is 23.1 Å². The molecule has 0 aliphatic carbocycles. The second-order valence-corrected chi connectivity index (χ2v) is 8.69. The van der Waals surface area contributed by atoms with Gasteiger partial charge in [0.15, 0.2) is 5.96 Å². The van der Waals surface area contributed by atoms with Gasteiger partial charge in [-0.3, -0.25) is 9.89 Å². The van der Waals surface area contributed by atoms with Crippen LogP contribution >= 0.6 is 47.1 Å². The smallest absolute Gasteiger partial charge is 0.191 e. The average molecular weight is 511 g/mol. The van der Waals surface area contributed by atoms with E-state index in [4.69, 9.17) is 4.99 Å². The molecule has 2 heterocycles. The Balaban J connectivity index is 0.00000338. The Labute approximate surface area is 185 Å². The second-order valence-electron chi connectivity index (χ2n) is 6.67. The molecule has 0 aromatic carbocycles. The predicted octanol–water partition coefficient (Wildman–Crippen LogP) is 4.28. The van der Waals surface area contributed by atoms with Crippen molar-refractivity contribution in [3.63, 3.8) is 0 Å². The maximum absolute atomic E-state index is 4.85. The first-order chi connectivity index (χ1) is 12.3. The van der Waals surface area contributed by atoms with Gasteiger partial charge < -0.3 is 10.6 Å². The summed E-state index contributed by atoms with van der Waals surface area (Å²) in [5, 5.41) is 9.04. The van der Waals surface area contributed by atoms with Crippen molar-refractivity contribution in [2.45, 2.75) is 39.2 Å². The summed E-state index contributed by atoms with van der Waals surface area (Å²) in [6.45, 7) is 8.51. The van der Waals surface area contributed by atoms with E-state index < -0.39 is 0 Å². The number of aliphatic imine (C=N–C) groups is 1. The zero-order chi connectivity index (χ0) is 17.7. The van der Waals surface area contributed by atoms with Crippen LogP contribution in [0.1, 0.15) is 37.5 Å². The van der Waals surface area contributed by atoms with E-state index in [0.717, 1.165) is 32.1 Å². The van der Waals surface area contributed by atoms with Crippen molar-refractivity contribution in [1.29, 1.82) is 0 Å². The summed E-state index contributed by atoms with van der Waals surface area (Å²) in [5.74, 6) is 2.92. The number of halogens is 1. The van der Waals surface area contributed by atoms with E-state index in [1.165, 1.54) is 49.4 Å². The fourth-order valence-corrected chi connectivity index (χ4v) is 4.45. The zero-order valence-electron chi connectivity index (χ0n) is 16.2. The Morgan fingerprint density at radius 2 is 2.27 bits per heavy atom. The molecule has 1 aliphatic heterocycles. The van der Waals surface area contributed by atoms with Gasteiger partial charge in [0.2, 0.25) is 0 Å². The largest absolute Gasteiger partial charge is 0.357 e. The van der Waals surface area contributed by atoms with Crippen molar-refractivity contribution in [1.82, 2.24) is 15.5 Å². The third-order valence-corrected chi connectivity index (χ3v) is 6.04. The van der Waals surface area contributed by atoms with Crippen molar-refractivity contribution in [3.8, 4) is 0 Å². The molecule has 1 saturated heterocycles. The van der Waals surface area contributed by atoms with Gasteiger partial charge in [-0.15, -0.1) is 35.3 Å². The molecular weight excluding hydrogens is 475 g/mol. The molecule has 26 heavy (non-hydrogen) atoms. The molecule has 1 aromatic heterocycles. The molecule has 1 atom stereocenters. The highest BCUT2D eigenvalue weighted by atomic mass is 127. The van der Waals surface area contributed by atoms with Crippen molar-refractivity contribution in [3.05, 3.63) is 22.4 Å². The van der Waals surface area contributed by atoms with Crippen LogP contribution in [0, 0.1) is 5.92 Å². The molecular formula is C19H35IN4S2. The maximum Gasteiger partial charge on any atom is 0.191 e. The Morgan fingerprint density at radius 1 is 1.38 bits per heavy atom. The summed E-state index contributed by atoms with van der Waals surface area (Å²) < 4.78 is 0. The van der Waals surface area contributed by atoms with Crippen LogP contribution < -0.4 is 10.6 Å². The molecule has 0 bridgehead atoms. The number of hydrogen-bond donors (Lipinski definition) is 2. The lowest BCUT2D eigenvalue weighted by atomic mass is 9.98. The van der Waals surface area contributed by atoms with Gasteiger partial charge in [0.05, 0.1) is 0 Å². The summed E-state index contributed by atoms with van der Waals surface area (Å²) in [4.78, 5) is 8.92. The topological polar surface area (TPSA) is 39.7 Å². The first-order valence-electron chi connectivity index (χ1n) is 9.57. The van der Waals surface area contributed by atoms with Gasteiger partial charge in [0.25, 0.3) is 0 Å². The summed E-state index contributed by atoms with van der Waals surface area (Å²) >= 11 is 3.79. The minimum atomic E-state index is 0. The second kappa shape index (κ2) is 15.0. The molecule has 0 amide bonds. The quantitative estimate of drug-likeness (QED) is 0.214. The normalized spacial score (nSPS) is 18.4. The van der Waals surface area contributed by atoms with Crippen LogP contribution in [0.3, 0.4) is 0 Å². The lowest BCUT2D eigenvalue weighted by molar-refractivity contribution is 0.172. The fraction of sp³-hybridized carbons (Fsp3) is 0.737. The van der Waals surface area contributed by atoms with E-state index in [-0.39, 0.29) is 24.0 Å². The molecule has 2 rings (SSSR count). The standard InChI is InChI=1S/C19H34N4S2.HI/c1-3-20-19(21-10-4-5-12-24-2)22-14-17-8-6-11-23(15-17)16-18-9-7-13-25-18;/h7,9,13,17H,3-6,8,10-12,14-16H2,1-2H3,(H2,20,21,22);1H.